The van der Waals surface area contributed by atoms with E-state index in [4.69, 9.17) is 4.74 Å². The van der Waals surface area contributed by atoms with Crippen LogP contribution in [0.5, 0.6) is 11.5 Å². The van der Waals surface area contributed by atoms with E-state index >= 15 is 0 Å². The lowest BCUT2D eigenvalue weighted by Crippen LogP contribution is -1.97. The van der Waals surface area contributed by atoms with Crippen LogP contribution in [-0.4, -0.2) is 11.7 Å². The first-order valence-corrected chi connectivity index (χ1v) is 5.20. The zero-order chi connectivity index (χ0) is 10.6. The lowest BCUT2D eigenvalue weighted by Gasteiger charge is -2.11. The van der Waals surface area contributed by atoms with Crippen molar-refractivity contribution in [2.24, 2.45) is 0 Å². The molecule has 0 saturated heterocycles. The summed E-state index contributed by atoms with van der Waals surface area (Å²) in [4.78, 5) is 0. The van der Waals surface area contributed by atoms with Gasteiger partial charge in [0.1, 0.15) is 11.5 Å². The summed E-state index contributed by atoms with van der Waals surface area (Å²) in [6, 6.07) is 3.75. The number of ether oxygens (including phenoxy) is 1. The molecule has 0 aromatic heterocycles. The molecule has 2 heteroatoms. The molecule has 0 saturated carbocycles. The van der Waals surface area contributed by atoms with Gasteiger partial charge in [-0.2, -0.15) is 0 Å². The Labute approximate surface area is 85.5 Å². The first-order chi connectivity index (χ1) is 6.72. The van der Waals surface area contributed by atoms with Crippen LogP contribution < -0.4 is 4.74 Å². The highest BCUT2D eigenvalue weighted by Gasteiger charge is 2.07. The molecule has 0 atom stereocenters. The average molecular weight is 194 g/mol. The Morgan fingerprint density at radius 2 is 1.71 bits per heavy atom. The molecule has 0 aliphatic rings. The van der Waals surface area contributed by atoms with Gasteiger partial charge >= 0.3 is 0 Å². The van der Waals surface area contributed by atoms with E-state index < -0.39 is 0 Å². The van der Waals surface area contributed by atoms with Crippen molar-refractivity contribution in [3.8, 4) is 11.5 Å². The van der Waals surface area contributed by atoms with Crippen molar-refractivity contribution in [1.29, 1.82) is 0 Å². The highest BCUT2D eigenvalue weighted by molar-refractivity contribution is 5.45. The average Bonchev–Trinajstić information content (AvgIpc) is 2.20. The molecule has 0 fully saturated rings. The summed E-state index contributed by atoms with van der Waals surface area (Å²) in [7, 11) is 0. The molecule has 1 aromatic rings. The van der Waals surface area contributed by atoms with Gasteiger partial charge in [0.25, 0.3) is 0 Å². The van der Waals surface area contributed by atoms with Crippen LogP contribution in [0.3, 0.4) is 0 Å². The Morgan fingerprint density at radius 3 is 2.21 bits per heavy atom. The summed E-state index contributed by atoms with van der Waals surface area (Å²) in [5, 5.41) is 9.66. The molecule has 0 amide bonds. The third-order valence-corrected chi connectivity index (χ3v) is 2.32. The number of aromatic hydroxyl groups is 1. The van der Waals surface area contributed by atoms with Gasteiger partial charge in [-0.15, -0.1) is 0 Å². The van der Waals surface area contributed by atoms with Crippen molar-refractivity contribution >= 4 is 0 Å². The fourth-order valence-corrected chi connectivity index (χ4v) is 1.50. The minimum atomic E-state index is 0.382. The molecule has 78 valence electrons. The molecule has 1 N–H and O–H groups in total. The number of rotatable bonds is 4. The summed E-state index contributed by atoms with van der Waals surface area (Å²) in [5.41, 5.74) is 2.02. The summed E-state index contributed by atoms with van der Waals surface area (Å²) in [6.45, 7) is 6.72. The van der Waals surface area contributed by atoms with Crippen LogP contribution in [0.4, 0.5) is 0 Å². The molecule has 0 unspecified atom stereocenters. The zero-order valence-corrected chi connectivity index (χ0v) is 9.13. The van der Waals surface area contributed by atoms with E-state index in [2.05, 4.69) is 6.92 Å². The van der Waals surface area contributed by atoms with Gasteiger partial charge in [0.05, 0.1) is 6.61 Å². The lowest BCUT2D eigenvalue weighted by atomic mass is 10.1. The van der Waals surface area contributed by atoms with E-state index in [0.717, 1.165) is 29.7 Å². The van der Waals surface area contributed by atoms with Crippen molar-refractivity contribution in [1.82, 2.24) is 0 Å². The molecular formula is C12H18O2. The summed E-state index contributed by atoms with van der Waals surface area (Å²) < 4.78 is 5.51. The predicted molar refractivity (Wildman–Crippen MR) is 58.0 cm³/mol. The molecule has 0 aliphatic carbocycles. The summed E-state index contributed by atoms with van der Waals surface area (Å²) in [5.74, 6) is 1.29. The third-order valence-electron chi connectivity index (χ3n) is 2.32. The zero-order valence-electron chi connectivity index (χ0n) is 9.13. The second-order valence-corrected chi connectivity index (χ2v) is 3.23. The van der Waals surface area contributed by atoms with Gasteiger partial charge in [-0.3, -0.25) is 0 Å². The molecule has 2 nitrogen and oxygen atoms in total. The molecule has 1 rings (SSSR count). The molecule has 14 heavy (non-hydrogen) atoms. The minimum Gasteiger partial charge on any atom is -0.508 e. The second-order valence-electron chi connectivity index (χ2n) is 3.23. The highest BCUT2D eigenvalue weighted by atomic mass is 16.5. The number of phenols is 1. The van der Waals surface area contributed by atoms with Gasteiger partial charge in [-0.05, 0) is 43.0 Å². The maximum atomic E-state index is 9.66. The SMILES string of the molecule is CCOc1cc(CC)c(O)cc1CC. The smallest absolute Gasteiger partial charge is 0.122 e. The van der Waals surface area contributed by atoms with Gasteiger partial charge < -0.3 is 9.84 Å². The number of aryl methyl sites for hydroxylation is 2. The van der Waals surface area contributed by atoms with Crippen molar-refractivity contribution < 1.29 is 9.84 Å². The van der Waals surface area contributed by atoms with Gasteiger partial charge in [0.2, 0.25) is 0 Å². The maximum Gasteiger partial charge on any atom is 0.122 e. The Kier molecular flexibility index (Phi) is 3.81. The molecule has 0 spiro atoms. The van der Waals surface area contributed by atoms with E-state index in [1.54, 1.807) is 0 Å². The highest BCUT2D eigenvalue weighted by Crippen LogP contribution is 2.28. The van der Waals surface area contributed by atoms with Crippen LogP contribution in [0.2, 0.25) is 0 Å². The predicted octanol–water partition coefficient (Wildman–Crippen LogP) is 2.92. The van der Waals surface area contributed by atoms with Crippen LogP contribution in [-0.2, 0) is 12.8 Å². The maximum absolute atomic E-state index is 9.66. The number of hydrogen-bond acceptors (Lipinski definition) is 2. The topological polar surface area (TPSA) is 29.5 Å². The summed E-state index contributed by atoms with van der Waals surface area (Å²) >= 11 is 0. The summed E-state index contributed by atoms with van der Waals surface area (Å²) in [6.07, 6.45) is 1.71. The Hall–Kier alpha value is -1.18. The first kappa shape index (κ1) is 10.9. The van der Waals surface area contributed by atoms with Crippen LogP contribution in [0, 0.1) is 0 Å². The van der Waals surface area contributed by atoms with Gasteiger partial charge in [-0.25, -0.2) is 0 Å². The van der Waals surface area contributed by atoms with E-state index in [0.29, 0.717) is 12.4 Å². The van der Waals surface area contributed by atoms with Crippen molar-refractivity contribution in [2.75, 3.05) is 6.61 Å². The van der Waals surface area contributed by atoms with Crippen LogP contribution in [0.1, 0.15) is 31.9 Å². The molecule has 1 aromatic carbocycles. The van der Waals surface area contributed by atoms with Crippen molar-refractivity contribution in [2.45, 2.75) is 33.6 Å². The third kappa shape index (κ3) is 2.19. The second kappa shape index (κ2) is 4.89. The number of benzene rings is 1. The Balaban J connectivity index is 3.11. The van der Waals surface area contributed by atoms with E-state index in [1.165, 1.54) is 0 Å². The van der Waals surface area contributed by atoms with Crippen molar-refractivity contribution in [3.63, 3.8) is 0 Å². The van der Waals surface area contributed by atoms with Crippen LogP contribution in [0.15, 0.2) is 12.1 Å². The van der Waals surface area contributed by atoms with Crippen LogP contribution in [0.25, 0.3) is 0 Å². The molecule has 0 radical (unpaired) electrons. The van der Waals surface area contributed by atoms with Crippen LogP contribution >= 0.6 is 0 Å². The molecular weight excluding hydrogens is 176 g/mol. The number of phenolic OH excluding ortho intramolecular Hbond substituents is 1. The minimum absolute atomic E-state index is 0.382. The normalized spacial score (nSPS) is 10.2. The van der Waals surface area contributed by atoms with Gasteiger partial charge in [0.15, 0.2) is 0 Å². The fraction of sp³-hybridized carbons (Fsp3) is 0.500. The van der Waals surface area contributed by atoms with Gasteiger partial charge in [0, 0.05) is 0 Å². The molecule has 0 heterocycles. The fourth-order valence-electron chi connectivity index (χ4n) is 1.50. The Bertz CT molecular complexity index is 305. The molecule has 0 bridgehead atoms. The first-order valence-electron chi connectivity index (χ1n) is 5.20. The quantitative estimate of drug-likeness (QED) is 0.798. The van der Waals surface area contributed by atoms with E-state index in [1.807, 2.05) is 26.0 Å². The number of hydrogen-bond donors (Lipinski definition) is 1. The molecule has 0 aliphatic heterocycles. The van der Waals surface area contributed by atoms with E-state index in [-0.39, 0.29) is 0 Å². The largest absolute Gasteiger partial charge is 0.508 e. The van der Waals surface area contributed by atoms with Gasteiger partial charge in [-0.1, -0.05) is 13.8 Å². The van der Waals surface area contributed by atoms with E-state index in [9.17, 15) is 5.11 Å². The standard InChI is InChI=1S/C12H18O2/c1-4-9-8-12(14-6-3)10(5-2)7-11(9)13/h7-8,13H,4-6H2,1-3H3. The van der Waals surface area contributed by atoms with Crippen molar-refractivity contribution in [3.05, 3.63) is 23.3 Å². The lowest BCUT2D eigenvalue weighted by molar-refractivity contribution is 0.335. The monoisotopic (exact) mass is 194 g/mol. The Morgan fingerprint density at radius 1 is 1.07 bits per heavy atom.